The third-order valence-electron chi connectivity index (χ3n) is 4.21. The molecule has 136 valence electrons. The van der Waals surface area contributed by atoms with Gasteiger partial charge in [-0.05, 0) is 36.8 Å². The number of rotatable bonds is 5. The van der Waals surface area contributed by atoms with Crippen molar-refractivity contribution in [3.8, 4) is 11.1 Å². The molecule has 0 amide bonds. The van der Waals surface area contributed by atoms with Crippen molar-refractivity contribution in [3.63, 3.8) is 0 Å². The molecule has 5 nitrogen and oxygen atoms in total. The molecule has 0 unspecified atom stereocenters. The molecule has 0 bridgehead atoms. The molecule has 1 heterocycles. The number of fused-ring (bicyclic) bond motifs is 1. The summed E-state index contributed by atoms with van der Waals surface area (Å²) in [5.74, 6) is 0.388. The number of imidazole rings is 1. The molecular formula is C19H20FN3O2S. The van der Waals surface area contributed by atoms with Gasteiger partial charge >= 0.3 is 0 Å². The van der Waals surface area contributed by atoms with Gasteiger partial charge < -0.3 is 10.3 Å². The first-order valence-corrected chi connectivity index (χ1v) is 10.0. The topological polar surface area (TPSA) is 78.0 Å². The van der Waals surface area contributed by atoms with E-state index in [9.17, 15) is 12.8 Å². The monoisotopic (exact) mass is 373 g/mol. The summed E-state index contributed by atoms with van der Waals surface area (Å²) >= 11 is 0. The van der Waals surface area contributed by atoms with Crippen LogP contribution in [0.25, 0.3) is 22.2 Å². The number of sulfone groups is 1. The van der Waals surface area contributed by atoms with Gasteiger partial charge in [-0.15, -0.1) is 0 Å². The lowest BCUT2D eigenvalue weighted by molar-refractivity contribution is 0.553. The molecule has 3 aromatic rings. The minimum Gasteiger partial charge on any atom is -0.327 e. The van der Waals surface area contributed by atoms with Crippen molar-refractivity contribution in [2.75, 3.05) is 12.8 Å². The average Bonchev–Trinajstić information content (AvgIpc) is 2.90. The van der Waals surface area contributed by atoms with Crippen molar-refractivity contribution in [2.45, 2.75) is 18.4 Å². The van der Waals surface area contributed by atoms with Crippen LogP contribution in [0.1, 0.15) is 5.82 Å². The van der Waals surface area contributed by atoms with Crippen LogP contribution in [0.15, 0.2) is 59.3 Å². The normalized spacial score (nSPS) is 12.7. The Balaban J connectivity index is 2.10. The van der Waals surface area contributed by atoms with Crippen LogP contribution in [-0.2, 0) is 16.4 Å². The molecule has 1 aromatic heterocycles. The molecule has 7 heteroatoms. The maximum Gasteiger partial charge on any atom is 0.175 e. The number of para-hydroxylation sites is 1. The quantitative estimate of drug-likeness (QED) is 0.745. The van der Waals surface area contributed by atoms with E-state index in [0.29, 0.717) is 5.82 Å². The van der Waals surface area contributed by atoms with Gasteiger partial charge in [0.25, 0.3) is 0 Å². The molecule has 0 saturated heterocycles. The molecule has 2 N–H and O–H groups in total. The molecule has 0 aliphatic carbocycles. The van der Waals surface area contributed by atoms with E-state index in [2.05, 4.69) is 4.98 Å². The minimum atomic E-state index is -3.24. The predicted molar refractivity (Wildman–Crippen MR) is 101 cm³/mol. The summed E-state index contributed by atoms with van der Waals surface area (Å²) in [5.41, 5.74) is 8.65. The van der Waals surface area contributed by atoms with Crippen LogP contribution in [0.4, 0.5) is 4.39 Å². The molecule has 0 fully saturated rings. The molecular weight excluding hydrogens is 353 g/mol. The zero-order valence-electron chi connectivity index (χ0n) is 14.6. The standard InChI is InChI=1S/C19H20FN3O2S/c1-13-22-19-17(14-6-8-16(9-7-14)26(2,24)25)4-3-5-18(19)23(13)12-15(20)10-11-21/h3-10H,11-12,21H2,1-2H3/b15-10-. The van der Waals surface area contributed by atoms with Crippen molar-refractivity contribution >= 4 is 20.9 Å². The van der Waals surface area contributed by atoms with E-state index in [0.717, 1.165) is 22.2 Å². The molecule has 3 rings (SSSR count). The number of halogens is 1. The number of nitrogens with zero attached hydrogens (tertiary/aromatic N) is 2. The van der Waals surface area contributed by atoms with Crippen LogP contribution in [0.2, 0.25) is 0 Å². The first-order valence-electron chi connectivity index (χ1n) is 8.12. The van der Waals surface area contributed by atoms with Gasteiger partial charge in [0.2, 0.25) is 0 Å². The Morgan fingerprint density at radius 2 is 1.92 bits per heavy atom. The fourth-order valence-corrected chi connectivity index (χ4v) is 3.55. The van der Waals surface area contributed by atoms with Crippen molar-refractivity contribution in [1.82, 2.24) is 9.55 Å². The molecule has 2 aromatic carbocycles. The van der Waals surface area contributed by atoms with Gasteiger partial charge in [0.05, 0.1) is 22.5 Å². The lowest BCUT2D eigenvalue weighted by Crippen LogP contribution is -2.03. The maximum absolute atomic E-state index is 13.9. The first kappa shape index (κ1) is 18.3. The molecule has 0 saturated carbocycles. The van der Waals surface area contributed by atoms with Gasteiger partial charge in [-0.2, -0.15) is 0 Å². The zero-order chi connectivity index (χ0) is 18.9. The molecule has 0 aliphatic heterocycles. The van der Waals surface area contributed by atoms with Crippen molar-refractivity contribution in [1.29, 1.82) is 0 Å². The zero-order valence-corrected chi connectivity index (χ0v) is 15.4. The molecule has 0 spiro atoms. The summed E-state index contributed by atoms with van der Waals surface area (Å²) in [6.45, 7) is 2.05. The van der Waals surface area contributed by atoms with Gasteiger partial charge in [-0.25, -0.2) is 17.8 Å². The second kappa shape index (κ2) is 7.01. The van der Waals surface area contributed by atoms with Crippen molar-refractivity contribution < 1.29 is 12.8 Å². The van der Waals surface area contributed by atoms with E-state index in [1.165, 1.54) is 12.3 Å². The van der Waals surface area contributed by atoms with Gasteiger partial charge in [0.1, 0.15) is 11.7 Å². The number of aromatic nitrogens is 2. The van der Waals surface area contributed by atoms with Crippen LogP contribution in [0, 0.1) is 6.92 Å². The smallest absolute Gasteiger partial charge is 0.175 e. The third kappa shape index (κ3) is 3.54. The van der Waals surface area contributed by atoms with E-state index >= 15 is 0 Å². The first-order chi connectivity index (χ1) is 12.3. The number of nitrogens with two attached hydrogens (primary N) is 1. The second-order valence-electron chi connectivity index (χ2n) is 6.10. The van der Waals surface area contributed by atoms with Gasteiger partial charge in [0, 0.05) is 18.4 Å². The lowest BCUT2D eigenvalue weighted by atomic mass is 10.0. The fourth-order valence-electron chi connectivity index (χ4n) is 2.92. The van der Waals surface area contributed by atoms with E-state index in [-0.39, 0.29) is 23.8 Å². The number of hydrogen-bond donors (Lipinski definition) is 1. The predicted octanol–water partition coefficient (Wildman–Crippen LogP) is 3.23. The van der Waals surface area contributed by atoms with E-state index in [1.807, 2.05) is 25.1 Å². The number of aryl methyl sites for hydroxylation is 1. The Labute approximate surface area is 151 Å². The second-order valence-corrected chi connectivity index (χ2v) is 8.12. The highest BCUT2D eigenvalue weighted by atomic mass is 32.2. The van der Waals surface area contributed by atoms with Crippen LogP contribution >= 0.6 is 0 Å². The molecule has 0 atom stereocenters. The van der Waals surface area contributed by atoms with Gasteiger partial charge in [-0.1, -0.05) is 24.3 Å². The Kier molecular flexibility index (Phi) is 4.93. The Morgan fingerprint density at radius 3 is 2.54 bits per heavy atom. The highest BCUT2D eigenvalue weighted by Gasteiger charge is 2.14. The van der Waals surface area contributed by atoms with Gasteiger partial charge in [-0.3, -0.25) is 0 Å². The molecule has 26 heavy (non-hydrogen) atoms. The summed E-state index contributed by atoms with van der Waals surface area (Å²) in [5, 5.41) is 0. The van der Waals surface area contributed by atoms with Crippen molar-refractivity contribution in [3.05, 3.63) is 60.2 Å². The Bertz CT molecular complexity index is 1080. The summed E-state index contributed by atoms with van der Waals surface area (Å²) < 4.78 is 39.0. The SMILES string of the molecule is Cc1nc2c(-c3ccc(S(C)(=O)=O)cc3)cccc2n1C/C(F)=C/CN. The number of hydrogen-bond acceptors (Lipinski definition) is 4. The molecule has 0 radical (unpaired) electrons. The average molecular weight is 373 g/mol. The summed E-state index contributed by atoms with van der Waals surface area (Å²) in [7, 11) is -3.24. The largest absolute Gasteiger partial charge is 0.327 e. The number of allylic oxidation sites excluding steroid dienone is 1. The summed E-state index contributed by atoms with van der Waals surface area (Å²) in [4.78, 5) is 4.86. The summed E-state index contributed by atoms with van der Waals surface area (Å²) in [6, 6.07) is 12.4. The summed E-state index contributed by atoms with van der Waals surface area (Å²) in [6.07, 6.45) is 2.52. The van der Waals surface area contributed by atoms with Crippen LogP contribution < -0.4 is 5.73 Å². The van der Waals surface area contributed by atoms with E-state index in [4.69, 9.17) is 5.73 Å². The highest BCUT2D eigenvalue weighted by Crippen LogP contribution is 2.30. The Morgan fingerprint density at radius 1 is 1.23 bits per heavy atom. The number of benzene rings is 2. The fraction of sp³-hybridized carbons (Fsp3) is 0.211. The van der Waals surface area contributed by atoms with E-state index < -0.39 is 9.84 Å². The highest BCUT2D eigenvalue weighted by molar-refractivity contribution is 7.90. The van der Waals surface area contributed by atoms with Crippen LogP contribution in [0.5, 0.6) is 0 Å². The van der Waals surface area contributed by atoms with Gasteiger partial charge in [0.15, 0.2) is 9.84 Å². The van der Waals surface area contributed by atoms with Crippen LogP contribution in [0.3, 0.4) is 0 Å². The van der Waals surface area contributed by atoms with Crippen LogP contribution in [-0.4, -0.2) is 30.8 Å². The Hall–Kier alpha value is -2.51. The van der Waals surface area contributed by atoms with Crippen molar-refractivity contribution in [2.24, 2.45) is 5.73 Å². The minimum absolute atomic E-state index is 0.0794. The van der Waals surface area contributed by atoms with E-state index in [1.54, 1.807) is 28.8 Å². The maximum atomic E-state index is 13.9. The lowest BCUT2D eigenvalue weighted by Gasteiger charge is -2.07. The third-order valence-corrected chi connectivity index (χ3v) is 5.34. The molecule has 0 aliphatic rings.